The minimum absolute atomic E-state index is 0.0303. The van der Waals surface area contributed by atoms with E-state index in [1.165, 1.54) is 12.1 Å². The lowest BCUT2D eigenvalue weighted by atomic mass is 10.2. The van der Waals surface area contributed by atoms with Gasteiger partial charge in [0, 0.05) is 15.9 Å². The van der Waals surface area contributed by atoms with E-state index in [1.807, 2.05) is 0 Å². The molecule has 3 aromatic carbocycles. The molecule has 0 unspecified atom stereocenters. The number of hydrogen-bond donors (Lipinski definition) is 1. The van der Waals surface area contributed by atoms with Crippen molar-refractivity contribution in [2.45, 2.75) is 9.79 Å². The van der Waals surface area contributed by atoms with E-state index in [-0.39, 0.29) is 27.2 Å². The quantitative estimate of drug-likeness (QED) is 0.347. The number of aromatic nitrogens is 3. The molecule has 0 saturated carbocycles. The smallest absolute Gasteiger partial charge is 0.259 e. The van der Waals surface area contributed by atoms with Gasteiger partial charge in [0.1, 0.15) is 10.6 Å². The van der Waals surface area contributed by atoms with Crippen LogP contribution in [-0.2, 0) is 9.84 Å². The predicted octanol–water partition coefficient (Wildman–Crippen LogP) is 6.02. The normalized spacial score (nSPS) is 11.8. The second kappa shape index (κ2) is 7.53. The molecule has 0 spiro atoms. The zero-order chi connectivity index (χ0) is 21.6. The molecule has 0 aliphatic heterocycles. The van der Waals surface area contributed by atoms with E-state index in [4.69, 9.17) is 27.7 Å². The summed E-state index contributed by atoms with van der Waals surface area (Å²) in [6.45, 7) is 0. The zero-order valence-electron chi connectivity index (χ0n) is 15.7. The summed E-state index contributed by atoms with van der Waals surface area (Å²) >= 11 is 12.4. The van der Waals surface area contributed by atoms with Crippen LogP contribution in [-0.4, -0.2) is 23.5 Å². The van der Waals surface area contributed by atoms with E-state index in [0.29, 0.717) is 26.5 Å². The number of nitrogens with one attached hydrogen (secondary N) is 1. The van der Waals surface area contributed by atoms with Gasteiger partial charge in [0.25, 0.3) is 5.89 Å². The molecule has 154 valence electrons. The molecule has 0 amide bonds. The van der Waals surface area contributed by atoms with Gasteiger partial charge in [0.05, 0.1) is 15.5 Å². The van der Waals surface area contributed by atoms with Gasteiger partial charge >= 0.3 is 0 Å². The van der Waals surface area contributed by atoms with Crippen LogP contribution in [0, 0.1) is 0 Å². The van der Waals surface area contributed by atoms with Crippen LogP contribution in [0.5, 0.6) is 0 Å². The van der Waals surface area contributed by atoms with Crippen molar-refractivity contribution in [3.05, 3.63) is 82.8 Å². The number of aromatic amines is 1. The van der Waals surface area contributed by atoms with E-state index in [1.54, 1.807) is 60.7 Å². The molecule has 0 saturated heterocycles. The van der Waals surface area contributed by atoms with Crippen molar-refractivity contribution in [3.63, 3.8) is 0 Å². The first kappa shape index (κ1) is 19.8. The van der Waals surface area contributed by atoms with E-state index < -0.39 is 9.84 Å². The molecule has 9 heteroatoms. The van der Waals surface area contributed by atoms with Gasteiger partial charge in [-0.15, -0.1) is 0 Å². The van der Waals surface area contributed by atoms with Gasteiger partial charge in [0.15, 0.2) is 0 Å². The maximum Gasteiger partial charge on any atom is 0.259 e. The number of fused-ring (bicyclic) bond motifs is 1. The van der Waals surface area contributed by atoms with Crippen molar-refractivity contribution in [2.24, 2.45) is 0 Å². The van der Waals surface area contributed by atoms with E-state index in [2.05, 4.69) is 15.1 Å². The monoisotopic (exact) mass is 469 g/mol. The molecule has 1 N–H and O–H groups in total. The van der Waals surface area contributed by atoms with Crippen LogP contribution in [0.2, 0.25) is 10.0 Å². The Morgan fingerprint density at radius 3 is 2.42 bits per heavy atom. The molecule has 2 heterocycles. The average molecular weight is 470 g/mol. The van der Waals surface area contributed by atoms with Gasteiger partial charge in [-0.05, 0) is 42.5 Å². The van der Waals surface area contributed by atoms with E-state index in [0.717, 1.165) is 0 Å². The lowest BCUT2D eigenvalue weighted by Crippen LogP contribution is -2.03. The van der Waals surface area contributed by atoms with Gasteiger partial charge in [-0.3, -0.25) is 0 Å². The number of nitrogens with zero attached hydrogens (tertiary/aromatic N) is 2. The van der Waals surface area contributed by atoms with Crippen molar-refractivity contribution in [1.82, 2.24) is 15.1 Å². The summed E-state index contributed by atoms with van der Waals surface area (Å²) < 4.78 is 32.5. The second-order valence-electron chi connectivity index (χ2n) is 6.74. The Bertz CT molecular complexity index is 1530. The van der Waals surface area contributed by atoms with Crippen LogP contribution in [0.3, 0.4) is 0 Å². The molecule has 6 nitrogen and oxygen atoms in total. The summed E-state index contributed by atoms with van der Waals surface area (Å²) in [5.41, 5.74) is 1.34. The van der Waals surface area contributed by atoms with E-state index >= 15 is 0 Å². The first-order chi connectivity index (χ1) is 14.9. The fourth-order valence-corrected chi connectivity index (χ4v) is 5.37. The largest absolute Gasteiger partial charge is 0.351 e. The molecular formula is C22H13Cl2N3O3S. The van der Waals surface area contributed by atoms with Gasteiger partial charge in [-0.2, -0.15) is 4.98 Å². The molecule has 0 radical (unpaired) electrons. The van der Waals surface area contributed by atoms with Crippen molar-refractivity contribution in [1.29, 1.82) is 0 Å². The number of benzene rings is 3. The van der Waals surface area contributed by atoms with Crippen molar-refractivity contribution in [2.75, 3.05) is 0 Å². The summed E-state index contributed by atoms with van der Waals surface area (Å²) in [6.07, 6.45) is 0. The lowest BCUT2D eigenvalue weighted by molar-refractivity contribution is 0.432. The minimum Gasteiger partial charge on any atom is -0.351 e. The Morgan fingerprint density at radius 1 is 0.903 bits per heavy atom. The van der Waals surface area contributed by atoms with E-state index in [9.17, 15) is 8.42 Å². The van der Waals surface area contributed by atoms with Crippen LogP contribution in [0.1, 0.15) is 0 Å². The van der Waals surface area contributed by atoms with Crippen LogP contribution >= 0.6 is 23.2 Å². The van der Waals surface area contributed by atoms with Crippen LogP contribution < -0.4 is 0 Å². The molecular weight excluding hydrogens is 457 g/mol. The topological polar surface area (TPSA) is 88.8 Å². The standard InChI is InChI=1S/C22H13Cl2N3O3S/c23-13-10-11-18-16(12-13)20(31(28,29)14-6-2-1-3-7-14)19(25-18)21-26-22(30-27-21)15-8-4-5-9-17(15)24/h1-12,25H. The molecule has 0 aliphatic carbocycles. The maximum absolute atomic E-state index is 13.6. The van der Waals surface area contributed by atoms with Gasteiger partial charge < -0.3 is 9.51 Å². The Balaban J connectivity index is 1.76. The fourth-order valence-electron chi connectivity index (χ4n) is 3.36. The Hall–Kier alpha value is -3.13. The highest BCUT2D eigenvalue weighted by Crippen LogP contribution is 2.38. The lowest BCUT2D eigenvalue weighted by Gasteiger charge is -2.05. The Kier molecular flexibility index (Phi) is 4.81. The molecule has 0 bridgehead atoms. The van der Waals surface area contributed by atoms with Crippen molar-refractivity contribution in [3.8, 4) is 23.0 Å². The fraction of sp³-hybridized carbons (Fsp3) is 0. The first-order valence-corrected chi connectivity index (χ1v) is 11.4. The Labute approximate surface area is 187 Å². The highest BCUT2D eigenvalue weighted by atomic mass is 35.5. The zero-order valence-corrected chi connectivity index (χ0v) is 18.0. The third-order valence-electron chi connectivity index (χ3n) is 4.79. The summed E-state index contributed by atoms with van der Waals surface area (Å²) in [4.78, 5) is 7.69. The number of halogens is 2. The molecule has 0 aliphatic rings. The Morgan fingerprint density at radius 2 is 1.65 bits per heavy atom. The molecule has 5 aromatic rings. The van der Waals surface area contributed by atoms with Crippen molar-refractivity contribution >= 4 is 43.9 Å². The first-order valence-electron chi connectivity index (χ1n) is 9.15. The van der Waals surface area contributed by atoms with Gasteiger partial charge in [0.2, 0.25) is 15.7 Å². The molecule has 2 aromatic heterocycles. The highest BCUT2D eigenvalue weighted by molar-refractivity contribution is 7.91. The van der Waals surface area contributed by atoms with Gasteiger partial charge in [-0.1, -0.05) is 58.7 Å². The summed E-state index contributed by atoms with van der Waals surface area (Å²) in [7, 11) is -3.92. The SMILES string of the molecule is O=S(=O)(c1ccccc1)c1c(-c2noc(-c3ccccc3Cl)n2)[nH]c2ccc(Cl)cc12. The number of sulfone groups is 1. The van der Waals surface area contributed by atoms with Crippen LogP contribution in [0.4, 0.5) is 0 Å². The summed E-state index contributed by atoms with van der Waals surface area (Å²) in [5, 5.41) is 5.31. The van der Waals surface area contributed by atoms with Crippen molar-refractivity contribution < 1.29 is 12.9 Å². The molecule has 0 fully saturated rings. The van der Waals surface area contributed by atoms with Crippen LogP contribution in [0.15, 0.2) is 87.1 Å². The third-order valence-corrected chi connectivity index (χ3v) is 7.21. The highest BCUT2D eigenvalue weighted by Gasteiger charge is 2.29. The summed E-state index contributed by atoms with van der Waals surface area (Å²) in [6, 6.07) is 20.2. The molecule has 31 heavy (non-hydrogen) atoms. The number of H-pyrrole nitrogens is 1. The molecule has 0 atom stereocenters. The van der Waals surface area contributed by atoms with Gasteiger partial charge in [-0.25, -0.2) is 8.42 Å². The summed E-state index contributed by atoms with van der Waals surface area (Å²) in [5.74, 6) is 0.275. The minimum atomic E-state index is -3.92. The third kappa shape index (κ3) is 3.40. The number of rotatable bonds is 4. The maximum atomic E-state index is 13.6. The molecule has 5 rings (SSSR count). The second-order valence-corrected chi connectivity index (χ2v) is 9.47. The average Bonchev–Trinajstić information content (AvgIpc) is 3.39. The number of hydrogen-bond acceptors (Lipinski definition) is 5. The van der Waals surface area contributed by atoms with Crippen LogP contribution in [0.25, 0.3) is 33.9 Å². The predicted molar refractivity (Wildman–Crippen MR) is 119 cm³/mol.